The first-order valence-corrected chi connectivity index (χ1v) is 12.1. The molecule has 1 saturated heterocycles. The number of ether oxygens (including phenoxy) is 1. The normalized spacial score (nSPS) is 14.3. The second-order valence-electron chi connectivity index (χ2n) is 7.47. The number of piperazine rings is 1. The first-order chi connectivity index (χ1) is 14.6. The van der Waals surface area contributed by atoms with Crippen molar-refractivity contribution >= 4 is 48.5 Å². The Kier molecular flexibility index (Phi) is 6.89. The SMILES string of the molecule is CCCCCOc1cccc(C(=O)N2CCN(c3nc4ccc(Br)cc4s3)CC2)c1. The number of rotatable bonds is 7. The highest BCUT2D eigenvalue weighted by molar-refractivity contribution is 9.10. The van der Waals surface area contributed by atoms with Crippen LogP contribution in [0.2, 0.25) is 0 Å². The van der Waals surface area contributed by atoms with Crippen LogP contribution in [0.4, 0.5) is 5.13 Å². The minimum Gasteiger partial charge on any atom is -0.494 e. The van der Waals surface area contributed by atoms with Gasteiger partial charge in [-0.05, 0) is 42.8 Å². The van der Waals surface area contributed by atoms with Gasteiger partial charge in [-0.3, -0.25) is 4.79 Å². The number of nitrogens with zero attached hydrogens (tertiary/aromatic N) is 3. The molecule has 7 heteroatoms. The summed E-state index contributed by atoms with van der Waals surface area (Å²) in [5.74, 6) is 0.845. The lowest BCUT2D eigenvalue weighted by Crippen LogP contribution is -2.48. The molecule has 158 valence electrons. The van der Waals surface area contributed by atoms with Crippen molar-refractivity contribution in [3.05, 3.63) is 52.5 Å². The average Bonchev–Trinajstić information content (AvgIpc) is 3.20. The van der Waals surface area contributed by atoms with Crippen LogP contribution >= 0.6 is 27.3 Å². The largest absolute Gasteiger partial charge is 0.494 e. The number of halogens is 1. The molecular formula is C23H26BrN3O2S. The molecule has 2 heterocycles. The van der Waals surface area contributed by atoms with Gasteiger partial charge in [0.05, 0.1) is 16.8 Å². The van der Waals surface area contributed by atoms with E-state index in [2.05, 4.69) is 33.8 Å². The van der Waals surface area contributed by atoms with E-state index in [1.165, 1.54) is 11.1 Å². The molecule has 1 fully saturated rings. The van der Waals surface area contributed by atoms with Gasteiger partial charge in [0.1, 0.15) is 5.75 Å². The number of amides is 1. The van der Waals surface area contributed by atoms with Crippen LogP contribution < -0.4 is 9.64 Å². The molecule has 0 N–H and O–H groups in total. The molecule has 0 saturated carbocycles. The summed E-state index contributed by atoms with van der Waals surface area (Å²) < 4.78 is 8.05. The minimum absolute atomic E-state index is 0.0712. The molecule has 0 spiro atoms. The number of fused-ring (bicyclic) bond motifs is 1. The highest BCUT2D eigenvalue weighted by atomic mass is 79.9. The van der Waals surface area contributed by atoms with Crippen LogP contribution in [-0.2, 0) is 0 Å². The second-order valence-corrected chi connectivity index (χ2v) is 9.40. The van der Waals surface area contributed by atoms with Crippen molar-refractivity contribution in [1.29, 1.82) is 0 Å². The lowest BCUT2D eigenvalue weighted by atomic mass is 10.1. The number of unbranched alkanes of at least 4 members (excludes halogenated alkanes) is 2. The Morgan fingerprint density at radius 2 is 1.97 bits per heavy atom. The summed E-state index contributed by atoms with van der Waals surface area (Å²) in [6.07, 6.45) is 3.37. The van der Waals surface area contributed by atoms with Gasteiger partial charge in [0.2, 0.25) is 0 Å². The number of anilines is 1. The average molecular weight is 488 g/mol. The lowest BCUT2D eigenvalue weighted by Gasteiger charge is -2.34. The van der Waals surface area contributed by atoms with E-state index >= 15 is 0 Å². The molecule has 4 rings (SSSR count). The molecule has 0 radical (unpaired) electrons. The Morgan fingerprint density at radius 1 is 1.13 bits per heavy atom. The molecule has 0 atom stereocenters. The van der Waals surface area contributed by atoms with Gasteiger partial charge in [-0.15, -0.1) is 0 Å². The van der Waals surface area contributed by atoms with Crippen molar-refractivity contribution in [3.8, 4) is 5.75 Å². The molecule has 3 aromatic rings. The number of thiazole rings is 1. The molecular weight excluding hydrogens is 462 g/mol. The van der Waals surface area contributed by atoms with Crippen molar-refractivity contribution in [3.63, 3.8) is 0 Å². The number of hydrogen-bond donors (Lipinski definition) is 0. The molecule has 0 aliphatic carbocycles. The molecule has 1 amide bonds. The van der Waals surface area contributed by atoms with Crippen LogP contribution in [0.3, 0.4) is 0 Å². The number of carbonyl (C=O) groups is 1. The quantitative estimate of drug-likeness (QED) is 0.407. The van der Waals surface area contributed by atoms with E-state index in [1.807, 2.05) is 41.3 Å². The fraction of sp³-hybridized carbons (Fsp3) is 0.391. The summed E-state index contributed by atoms with van der Waals surface area (Å²) >= 11 is 5.22. The van der Waals surface area contributed by atoms with Crippen LogP contribution in [0.5, 0.6) is 5.75 Å². The number of aromatic nitrogens is 1. The number of carbonyl (C=O) groups excluding carboxylic acids is 1. The Bertz CT molecular complexity index is 1010. The van der Waals surface area contributed by atoms with Gasteiger partial charge in [0, 0.05) is 36.2 Å². The van der Waals surface area contributed by atoms with Crippen molar-refractivity contribution in [1.82, 2.24) is 9.88 Å². The third-order valence-electron chi connectivity index (χ3n) is 5.27. The molecule has 2 aromatic carbocycles. The Morgan fingerprint density at radius 3 is 2.77 bits per heavy atom. The zero-order chi connectivity index (χ0) is 20.9. The first-order valence-electron chi connectivity index (χ1n) is 10.5. The van der Waals surface area contributed by atoms with Crippen molar-refractivity contribution in [2.75, 3.05) is 37.7 Å². The second kappa shape index (κ2) is 9.79. The Hall–Kier alpha value is -2.12. The zero-order valence-corrected chi connectivity index (χ0v) is 19.5. The molecule has 5 nitrogen and oxygen atoms in total. The molecule has 1 aromatic heterocycles. The lowest BCUT2D eigenvalue weighted by molar-refractivity contribution is 0.0746. The monoisotopic (exact) mass is 487 g/mol. The van der Waals surface area contributed by atoms with Crippen LogP contribution in [0.25, 0.3) is 10.2 Å². The van der Waals surface area contributed by atoms with Crippen molar-refractivity contribution < 1.29 is 9.53 Å². The molecule has 30 heavy (non-hydrogen) atoms. The highest BCUT2D eigenvalue weighted by Gasteiger charge is 2.24. The van der Waals surface area contributed by atoms with E-state index in [9.17, 15) is 4.79 Å². The highest BCUT2D eigenvalue weighted by Crippen LogP contribution is 2.31. The smallest absolute Gasteiger partial charge is 0.254 e. The van der Waals surface area contributed by atoms with E-state index in [1.54, 1.807) is 11.3 Å². The molecule has 0 bridgehead atoms. The topological polar surface area (TPSA) is 45.7 Å². The summed E-state index contributed by atoms with van der Waals surface area (Å²) in [5, 5.41) is 1.03. The fourth-order valence-electron chi connectivity index (χ4n) is 3.57. The van der Waals surface area contributed by atoms with Gasteiger partial charge in [-0.1, -0.05) is 53.1 Å². The third-order valence-corrected chi connectivity index (χ3v) is 6.85. The van der Waals surface area contributed by atoms with E-state index in [0.29, 0.717) is 25.3 Å². The van der Waals surface area contributed by atoms with Gasteiger partial charge >= 0.3 is 0 Å². The zero-order valence-electron chi connectivity index (χ0n) is 17.1. The minimum atomic E-state index is 0.0712. The standard InChI is InChI=1S/C23H26BrN3O2S/c1-2-3-4-14-29-19-7-5-6-17(15-19)22(28)26-10-12-27(13-11-26)23-25-20-9-8-18(24)16-21(20)30-23/h5-9,15-16H,2-4,10-14H2,1H3. The maximum Gasteiger partial charge on any atom is 0.254 e. The third kappa shape index (κ3) is 4.95. The van der Waals surface area contributed by atoms with Crippen LogP contribution in [0.15, 0.2) is 46.9 Å². The van der Waals surface area contributed by atoms with Gasteiger partial charge in [-0.25, -0.2) is 4.98 Å². The van der Waals surface area contributed by atoms with Gasteiger partial charge in [0.25, 0.3) is 5.91 Å². The Labute approximate surface area is 189 Å². The summed E-state index contributed by atoms with van der Waals surface area (Å²) in [7, 11) is 0. The maximum atomic E-state index is 13.0. The predicted octanol–water partition coefficient (Wildman–Crippen LogP) is 5.59. The summed E-state index contributed by atoms with van der Waals surface area (Å²) in [6.45, 7) is 5.85. The fourth-order valence-corrected chi connectivity index (χ4v) is 5.14. The van der Waals surface area contributed by atoms with E-state index in [-0.39, 0.29) is 5.91 Å². The Balaban J connectivity index is 1.35. The van der Waals surface area contributed by atoms with E-state index in [4.69, 9.17) is 9.72 Å². The van der Waals surface area contributed by atoms with Crippen molar-refractivity contribution in [2.24, 2.45) is 0 Å². The number of benzene rings is 2. The predicted molar refractivity (Wildman–Crippen MR) is 127 cm³/mol. The van der Waals surface area contributed by atoms with Gasteiger partial charge in [-0.2, -0.15) is 0 Å². The maximum absolute atomic E-state index is 13.0. The van der Waals surface area contributed by atoms with Gasteiger partial charge in [0.15, 0.2) is 5.13 Å². The molecule has 1 aliphatic rings. The van der Waals surface area contributed by atoms with Crippen LogP contribution in [-0.4, -0.2) is 48.6 Å². The number of hydrogen-bond acceptors (Lipinski definition) is 5. The molecule has 0 unspecified atom stereocenters. The van der Waals surface area contributed by atoms with Crippen molar-refractivity contribution in [2.45, 2.75) is 26.2 Å². The van der Waals surface area contributed by atoms with Crippen LogP contribution in [0, 0.1) is 0 Å². The van der Waals surface area contributed by atoms with Gasteiger partial charge < -0.3 is 14.5 Å². The van der Waals surface area contributed by atoms with Crippen LogP contribution in [0.1, 0.15) is 36.5 Å². The summed E-state index contributed by atoms with van der Waals surface area (Å²) in [4.78, 5) is 21.9. The summed E-state index contributed by atoms with van der Waals surface area (Å²) in [5.41, 5.74) is 1.72. The van der Waals surface area contributed by atoms with E-state index < -0.39 is 0 Å². The summed E-state index contributed by atoms with van der Waals surface area (Å²) in [6, 6.07) is 13.7. The first kappa shape index (κ1) is 21.1. The van der Waals surface area contributed by atoms with E-state index in [0.717, 1.165) is 46.8 Å². The molecule has 1 aliphatic heterocycles.